The molecule has 0 fully saturated rings. The Morgan fingerprint density at radius 3 is 2.63 bits per heavy atom. The summed E-state index contributed by atoms with van der Waals surface area (Å²) in [4.78, 5) is 25.4. The molecule has 0 aromatic carbocycles. The molecule has 0 saturated heterocycles. The molecule has 0 bridgehead atoms. The summed E-state index contributed by atoms with van der Waals surface area (Å²) < 4.78 is 3.08. The Bertz CT molecular complexity index is 655. The molecule has 2 aromatic heterocycles. The fraction of sp³-hybridized carbons (Fsp3) is 0.364. The molecule has 2 heterocycles. The third-order valence-corrected chi connectivity index (χ3v) is 3.07. The van der Waals surface area contributed by atoms with Gasteiger partial charge in [0.05, 0.1) is 0 Å². The van der Waals surface area contributed by atoms with Crippen molar-refractivity contribution >= 4 is 11.7 Å². The van der Waals surface area contributed by atoms with Gasteiger partial charge in [0.25, 0.3) is 0 Å². The van der Waals surface area contributed by atoms with Gasteiger partial charge in [-0.15, -0.1) is 0 Å². The molecule has 8 nitrogen and oxygen atoms in total. The van der Waals surface area contributed by atoms with Crippen molar-refractivity contribution in [2.45, 2.75) is 20.4 Å². The van der Waals surface area contributed by atoms with Crippen molar-refractivity contribution in [3.63, 3.8) is 0 Å². The molecule has 2 rings (SSSR count). The van der Waals surface area contributed by atoms with Crippen LogP contribution < -0.4 is 0 Å². The van der Waals surface area contributed by atoms with Gasteiger partial charge in [0, 0.05) is 29.1 Å². The van der Waals surface area contributed by atoms with Gasteiger partial charge in [-0.2, -0.15) is 4.68 Å². The Morgan fingerprint density at radius 1 is 1.47 bits per heavy atom. The molecule has 0 unspecified atom stereocenters. The van der Waals surface area contributed by atoms with Crippen LogP contribution in [0.15, 0.2) is 12.4 Å². The Morgan fingerprint density at radius 2 is 2.16 bits per heavy atom. The molecule has 0 aliphatic rings. The molecule has 0 amide bonds. The van der Waals surface area contributed by atoms with Gasteiger partial charge in [0.2, 0.25) is 6.33 Å². The molecule has 0 aliphatic heterocycles. The first-order chi connectivity index (χ1) is 8.90. The van der Waals surface area contributed by atoms with Crippen molar-refractivity contribution in [1.82, 2.24) is 19.3 Å². The van der Waals surface area contributed by atoms with Crippen LogP contribution in [0.5, 0.6) is 0 Å². The summed E-state index contributed by atoms with van der Waals surface area (Å²) in [6, 6.07) is 1.79. The second-order valence-corrected chi connectivity index (χ2v) is 4.27. The van der Waals surface area contributed by atoms with Crippen LogP contribution in [0, 0.1) is 24.0 Å². The summed E-state index contributed by atoms with van der Waals surface area (Å²) in [5.41, 5.74) is 2.43. The van der Waals surface area contributed by atoms with Crippen molar-refractivity contribution in [2.75, 3.05) is 0 Å². The van der Waals surface area contributed by atoms with Gasteiger partial charge >= 0.3 is 5.95 Å². The molecule has 0 radical (unpaired) electrons. The SMILES string of the molecule is Cc1cc(C(=O)Cn2cnc([N+](=O)[O-])n2)c(C)n1C. The minimum absolute atomic E-state index is 0.0644. The molecule has 100 valence electrons. The average Bonchev–Trinajstić information content (AvgIpc) is 2.90. The highest BCUT2D eigenvalue weighted by Crippen LogP contribution is 2.14. The van der Waals surface area contributed by atoms with E-state index in [2.05, 4.69) is 10.1 Å². The minimum atomic E-state index is -0.696. The molecule has 0 N–H and O–H groups in total. The quantitative estimate of drug-likeness (QED) is 0.466. The highest BCUT2D eigenvalue weighted by molar-refractivity contribution is 5.97. The van der Waals surface area contributed by atoms with Gasteiger partial charge in [-0.1, -0.05) is 4.98 Å². The van der Waals surface area contributed by atoms with Crippen LogP contribution in [0.25, 0.3) is 0 Å². The summed E-state index contributed by atoms with van der Waals surface area (Å²) in [5, 5.41) is 14.1. The van der Waals surface area contributed by atoms with E-state index in [-0.39, 0.29) is 12.3 Å². The second kappa shape index (κ2) is 4.63. The maximum absolute atomic E-state index is 12.1. The number of ketones is 1. The van der Waals surface area contributed by atoms with Crippen LogP contribution in [0.3, 0.4) is 0 Å². The van der Waals surface area contributed by atoms with Crippen molar-refractivity contribution in [2.24, 2.45) is 7.05 Å². The zero-order chi connectivity index (χ0) is 14.2. The molecule has 19 heavy (non-hydrogen) atoms. The minimum Gasteiger partial charge on any atom is -0.390 e. The zero-order valence-corrected chi connectivity index (χ0v) is 10.8. The van der Waals surface area contributed by atoms with E-state index in [9.17, 15) is 14.9 Å². The van der Waals surface area contributed by atoms with Gasteiger partial charge in [0.15, 0.2) is 5.78 Å². The molecule has 2 aromatic rings. The lowest BCUT2D eigenvalue weighted by Crippen LogP contribution is -2.12. The van der Waals surface area contributed by atoms with Crippen LogP contribution in [-0.4, -0.2) is 30.0 Å². The van der Waals surface area contributed by atoms with Crippen molar-refractivity contribution in [1.29, 1.82) is 0 Å². The number of hydrogen-bond acceptors (Lipinski definition) is 5. The summed E-state index contributed by atoms with van der Waals surface area (Å²) >= 11 is 0. The maximum Gasteiger partial charge on any atom is 0.490 e. The average molecular weight is 263 g/mol. The Labute approximate surface area is 108 Å². The number of rotatable bonds is 4. The number of hydrogen-bond donors (Lipinski definition) is 0. The van der Waals surface area contributed by atoms with Crippen LogP contribution in [-0.2, 0) is 13.6 Å². The van der Waals surface area contributed by atoms with Crippen molar-refractivity contribution in [3.8, 4) is 0 Å². The predicted octanol–water partition coefficient (Wildman–Crippen LogP) is 1.02. The Hall–Kier alpha value is -2.51. The summed E-state index contributed by atoms with van der Waals surface area (Å²) in [6.07, 6.45) is 1.18. The van der Waals surface area contributed by atoms with Crippen LogP contribution in [0.4, 0.5) is 5.95 Å². The van der Waals surface area contributed by atoms with E-state index in [0.717, 1.165) is 11.4 Å². The number of carbonyl (C=O) groups is 1. The molecule has 0 saturated carbocycles. The van der Waals surface area contributed by atoms with Crippen molar-refractivity contribution < 1.29 is 9.72 Å². The highest BCUT2D eigenvalue weighted by Gasteiger charge is 2.18. The lowest BCUT2D eigenvalue weighted by molar-refractivity contribution is -0.394. The molecule has 0 spiro atoms. The number of nitrogens with zero attached hydrogens (tertiary/aromatic N) is 5. The summed E-state index contributed by atoms with van der Waals surface area (Å²) in [6.45, 7) is 3.69. The number of Topliss-reactive ketones (excluding diaryl/α,β-unsaturated/α-hetero) is 1. The van der Waals surface area contributed by atoms with Gasteiger partial charge in [-0.3, -0.25) is 4.79 Å². The van der Waals surface area contributed by atoms with E-state index in [0.29, 0.717) is 5.56 Å². The van der Waals surface area contributed by atoms with Gasteiger partial charge < -0.3 is 14.7 Å². The smallest absolute Gasteiger partial charge is 0.390 e. The third-order valence-electron chi connectivity index (χ3n) is 3.07. The second-order valence-electron chi connectivity index (χ2n) is 4.27. The zero-order valence-electron chi connectivity index (χ0n) is 10.8. The topological polar surface area (TPSA) is 95.8 Å². The van der Waals surface area contributed by atoms with Crippen LogP contribution >= 0.6 is 0 Å². The van der Waals surface area contributed by atoms with Crippen LogP contribution in [0.1, 0.15) is 21.7 Å². The van der Waals surface area contributed by atoms with E-state index < -0.39 is 10.9 Å². The lowest BCUT2D eigenvalue weighted by atomic mass is 10.1. The Kier molecular flexibility index (Phi) is 3.16. The maximum atomic E-state index is 12.1. The van der Waals surface area contributed by atoms with E-state index in [1.54, 1.807) is 6.07 Å². The monoisotopic (exact) mass is 263 g/mol. The molecular formula is C11H13N5O3. The standard InChI is InChI=1S/C11H13N5O3/c1-7-4-9(8(2)14(7)3)10(17)5-15-6-12-11(13-15)16(18)19/h4,6H,5H2,1-3H3. The normalized spacial score (nSPS) is 10.7. The molecule has 8 heteroatoms. The number of aryl methyl sites for hydroxylation is 1. The summed E-state index contributed by atoms with van der Waals surface area (Å²) in [7, 11) is 1.88. The van der Waals surface area contributed by atoms with Crippen molar-refractivity contribution in [3.05, 3.63) is 39.5 Å². The van der Waals surface area contributed by atoms with E-state index in [1.807, 2.05) is 25.5 Å². The lowest BCUT2D eigenvalue weighted by Gasteiger charge is -2.01. The first-order valence-electron chi connectivity index (χ1n) is 5.60. The first kappa shape index (κ1) is 12.9. The van der Waals surface area contributed by atoms with Gasteiger partial charge in [0.1, 0.15) is 6.54 Å². The first-order valence-corrected chi connectivity index (χ1v) is 5.60. The molecule has 0 aliphatic carbocycles. The van der Waals surface area contributed by atoms with E-state index >= 15 is 0 Å². The van der Waals surface area contributed by atoms with E-state index in [4.69, 9.17) is 0 Å². The highest BCUT2D eigenvalue weighted by atomic mass is 16.6. The Balaban J connectivity index is 2.20. The summed E-state index contributed by atoms with van der Waals surface area (Å²) in [5.74, 6) is -0.658. The van der Waals surface area contributed by atoms with E-state index in [1.165, 1.54) is 11.0 Å². The number of carbonyl (C=O) groups excluding carboxylic acids is 1. The fourth-order valence-corrected chi connectivity index (χ4v) is 1.81. The number of aromatic nitrogens is 4. The largest absolute Gasteiger partial charge is 0.490 e. The number of nitro groups is 1. The molecule has 0 atom stereocenters. The third kappa shape index (κ3) is 2.37. The van der Waals surface area contributed by atoms with Gasteiger partial charge in [-0.25, -0.2) is 0 Å². The van der Waals surface area contributed by atoms with Gasteiger partial charge in [-0.05, 0) is 24.8 Å². The predicted molar refractivity (Wildman–Crippen MR) is 65.9 cm³/mol. The van der Waals surface area contributed by atoms with Crippen LogP contribution in [0.2, 0.25) is 0 Å². The fourth-order valence-electron chi connectivity index (χ4n) is 1.81. The molecular weight excluding hydrogens is 250 g/mol.